The minimum Gasteiger partial charge on any atom is -0.268 e. The number of hydrogen-bond acceptors (Lipinski definition) is 3. The number of aryl methyl sites for hydroxylation is 1. The van der Waals surface area contributed by atoms with Crippen LogP contribution in [-0.4, -0.2) is 19.3 Å². The molecule has 0 N–H and O–H groups in total. The lowest BCUT2D eigenvalue weighted by molar-refractivity contribution is 0.817. The average Bonchev–Trinajstić information content (AvgIpc) is 3.07. The van der Waals surface area contributed by atoms with Crippen LogP contribution in [0.3, 0.4) is 0 Å². The second kappa shape index (κ2) is 6.18. The van der Waals surface area contributed by atoms with E-state index in [0.717, 1.165) is 11.4 Å². The van der Waals surface area contributed by atoms with E-state index in [1.807, 2.05) is 49.4 Å². The Bertz CT molecular complexity index is 1100. The van der Waals surface area contributed by atoms with Crippen molar-refractivity contribution < 1.29 is 0 Å². The fraction of sp³-hybridized carbons (Fsp3) is 0.105. The van der Waals surface area contributed by atoms with Gasteiger partial charge in [0.1, 0.15) is 11.2 Å². The molecule has 2 heterocycles. The standard InChI is InChI=1S/C19H15ClN4O/c1-2-17-22-18-16(12-21-24(18)15-6-4-3-5-7-15)19(25)23(17)14-10-8-13(20)9-11-14/h3-12H,2H2,1H3. The Morgan fingerprint density at radius 1 is 1.00 bits per heavy atom. The first kappa shape index (κ1) is 15.6. The van der Waals surface area contributed by atoms with Crippen LogP contribution < -0.4 is 5.56 Å². The highest BCUT2D eigenvalue weighted by Gasteiger charge is 2.16. The van der Waals surface area contributed by atoms with Crippen molar-refractivity contribution in [2.75, 3.05) is 0 Å². The van der Waals surface area contributed by atoms with Crippen molar-refractivity contribution in [3.63, 3.8) is 0 Å². The summed E-state index contributed by atoms with van der Waals surface area (Å²) < 4.78 is 3.32. The molecule has 5 nitrogen and oxygen atoms in total. The van der Waals surface area contributed by atoms with Gasteiger partial charge >= 0.3 is 0 Å². The van der Waals surface area contributed by atoms with Crippen LogP contribution in [0.1, 0.15) is 12.7 Å². The molecule has 0 atom stereocenters. The summed E-state index contributed by atoms with van der Waals surface area (Å²) >= 11 is 5.96. The molecule has 124 valence electrons. The van der Waals surface area contributed by atoms with Gasteiger partial charge in [0.2, 0.25) is 0 Å². The highest BCUT2D eigenvalue weighted by molar-refractivity contribution is 6.30. The Hall–Kier alpha value is -2.92. The van der Waals surface area contributed by atoms with E-state index in [9.17, 15) is 4.79 Å². The molecule has 2 aromatic carbocycles. The number of fused-ring (bicyclic) bond motifs is 1. The van der Waals surface area contributed by atoms with Crippen molar-refractivity contribution in [1.29, 1.82) is 0 Å². The minimum atomic E-state index is -0.133. The maximum absolute atomic E-state index is 13.1. The maximum Gasteiger partial charge on any atom is 0.269 e. The molecule has 0 amide bonds. The summed E-state index contributed by atoms with van der Waals surface area (Å²) in [6.45, 7) is 1.98. The van der Waals surface area contributed by atoms with Crippen molar-refractivity contribution in [1.82, 2.24) is 19.3 Å². The summed E-state index contributed by atoms with van der Waals surface area (Å²) in [4.78, 5) is 17.8. The molecule has 0 unspecified atom stereocenters. The van der Waals surface area contributed by atoms with E-state index in [-0.39, 0.29) is 5.56 Å². The first-order valence-corrected chi connectivity index (χ1v) is 8.38. The molecular weight excluding hydrogens is 336 g/mol. The van der Waals surface area contributed by atoms with E-state index in [0.29, 0.717) is 28.3 Å². The molecule has 4 aromatic rings. The topological polar surface area (TPSA) is 52.7 Å². The summed E-state index contributed by atoms with van der Waals surface area (Å²) in [5, 5.41) is 5.48. The molecule has 0 saturated carbocycles. The molecule has 0 radical (unpaired) electrons. The van der Waals surface area contributed by atoms with Gasteiger partial charge < -0.3 is 0 Å². The molecule has 2 aromatic heterocycles. The van der Waals surface area contributed by atoms with Crippen LogP contribution >= 0.6 is 11.6 Å². The van der Waals surface area contributed by atoms with Crippen molar-refractivity contribution in [2.24, 2.45) is 0 Å². The molecule has 25 heavy (non-hydrogen) atoms. The predicted molar refractivity (Wildman–Crippen MR) is 98.9 cm³/mol. The predicted octanol–water partition coefficient (Wildman–Crippen LogP) is 3.79. The number of nitrogens with zero attached hydrogens (tertiary/aromatic N) is 4. The monoisotopic (exact) mass is 350 g/mol. The average molecular weight is 351 g/mol. The second-order valence-corrected chi connectivity index (χ2v) is 6.06. The molecule has 0 bridgehead atoms. The van der Waals surface area contributed by atoms with Crippen molar-refractivity contribution in [3.8, 4) is 11.4 Å². The molecule has 0 fully saturated rings. The maximum atomic E-state index is 13.1. The normalized spacial score (nSPS) is 11.1. The number of para-hydroxylation sites is 1. The number of aromatic nitrogens is 4. The van der Waals surface area contributed by atoms with Crippen LogP contribution in [0.15, 0.2) is 65.6 Å². The Morgan fingerprint density at radius 3 is 2.40 bits per heavy atom. The van der Waals surface area contributed by atoms with E-state index < -0.39 is 0 Å². The van der Waals surface area contributed by atoms with Gasteiger partial charge in [0.05, 0.1) is 17.6 Å². The van der Waals surface area contributed by atoms with Gasteiger partial charge in [-0.1, -0.05) is 36.7 Å². The van der Waals surface area contributed by atoms with Gasteiger partial charge in [0.15, 0.2) is 5.65 Å². The van der Waals surface area contributed by atoms with Gasteiger partial charge in [-0.2, -0.15) is 5.10 Å². The lowest BCUT2D eigenvalue weighted by Crippen LogP contribution is -2.23. The zero-order chi connectivity index (χ0) is 17.4. The SMILES string of the molecule is CCc1nc2c(cnn2-c2ccccc2)c(=O)n1-c1ccc(Cl)cc1. The van der Waals surface area contributed by atoms with E-state index in [1.165, 1.54) is 0 Å². The molecular formula is C19H15ClN4O. The van der Waals surface area contributed by atoms with Crippen LogP contribution in [0, 0.1) is 0 Å². The number of hydrogen-bond donors (Lipinski definition) is 0. The van der Waals surface area contributed by atoms with Crippen LogP contribution in [0.2, 0.25) is 5.02 Å². The lowest BCUT2D eigenvalue weighted by Gasteiger charge is -2.12. The molecule has 0 aliphatic rings. The Kier molecular flexibility index (Phi) is 3.86. The van der Waals surface area contributed by atoms with Crippen LogP contribution in [0.25, 0.3) is 22.4 Å². The van der Waals surface area contributed by atoms with Crippen LogP contribution in [-0.2, 0) is 6.42 Å². The summed E-state index contributed by atoms with van der Waals surface area (Å²) in [6, 6.07) is 16.8. The fourth-order valence-corrected chi connectivity index (χ4v) is 2.99. The zero-order valence-corrected chi connectivity index (χ0v) is 14.3. The first-order valence-electron chi connectivity index (χ1n) is 8.00. The van der Waals surface area contributed by atoms with E-state index in [4.69, 9.17) is 16.6 Å². The number of halogens is 1. The van der Waals surface area contributed by atoms with Gasteiger partial charge in [-0.25, -0.2) is 9.67 Å². The van der Waals surface area contributed by atoms with Crippen molar-refractivity contribution in [3.05, 3.63) is 82.0 Å². The Morgan fingerprint density at radius 2 is 1.72 bits per heavy atom. The highest BCUT2D eigenvalue weighted by atomic mass is 35.5. The van der Waals surface area contributed by atoms with Gasteiger partial charge in [-0.3, -0.25) is 9.36 Å². The van der Waals surface area contributed by atoms with Crippen LogP contribution in [0.5, 0.6) is 0 Å². The molecule has 0 spiro atoms. The Balaban J connectivity index is 2.00. The summed E-state index contributed by atoms with van der Waals surface area (Å²) in [5.74, 6) is 0.678. The van der Waals surface area contributed by atoms with E-state index in [1.54, 1.807) is 27.6 Å². The van der Waals surface area contributed by atoms with E-state index >= 15 is 0 Å². The summed E-state index contributed by atoms with van der Waals surface area (Å²) in [6.07, 6.45) is 2.19. The summed E-state index contributed by atoms with van der Waals surface area (Å²) in [5.41, 5.74) is 2.05. The second-order valence-electron chi connectivity index (χ2n) is 5.63. The number of rotatable bonds is 3. The quantitative estimate of drug-likeness (QED) is 0.565. The van der Waals surface area contributed by atoms with Gasteiger partial charge in [-0.05, 0) is 36.4 Å². The molecule has 0 saturated heterocycles. The summed E-state index contributed by atoms with van der Waals surface area (Å²) in [7, 11) is 0. The lowest BCUT2D eigenvalue weighted by atomic mass is 10.2. The molecule has 4 rings (SSSR count). The molecule has 0 aliphatic heterocycles. The fourth-order valence-electron chi connectivity index (χ4n) is 2.86. The molecule has 0 aliphatic carbocycles. The van der Waals surface area contributed by atoms with Gasteiger partial charge in [0, 0.05) is 11.4 Å². The van der Waals surface area contributed by atoms with E-state index in [2.05, 4.69) is 5.10 Å². The first-order chi connectivity index (χ1) is 12.2. The zero-order valence-electron chi connectivity index (χ0n) is 13.6. The third kappa shape index (κ3) is 2.62. The van der Waals surface area contributed by atoms with Crippen molar-refractivity contribution in [2.45, 2.75) is 13.3 Å². The highest BCUT2D eigenvalue weighted by Crippen LogP contribution is 2.18. The molecule has 6 heteroatoms. The van der Waals surface area contributed by atoms with Gasteiger partial charge in [-0.15, -0.1) is 0 Å². The third-order valence-corrected chi connectivity index (χ3v) is 4.32. The van der Waals surface area contributed by atoms with Crippen LogP contribution in [0.4, 0.5) is 0 Å². The smallest absolute Gasteiger partial charge is 0.268 e. The van der Waals surface area contributed by atoms with Gasteiger partial charge in [0.25, 0.3) is 5.56 Å². The Labute approximate surface area is 149 Å². The third-order valence-electron chi connectivity index (χ3n) is 4.07. The largest absolute Gasteiger partial charge is 0.269 e. The van der Waals surface area contributed by atoms with Crippen molar-refractivity contribution >= 4 is 22.6 Å². The minimum absolute atomic E-state index is 0.133. The number of benzene rings is 2.